The number of carbonyl (C=O) groups excluding carboxylic acids is 1. The molecule has 1 aromatic heterocycles. The van der Waals surface area contributed by atoms with Crippen molar-refractivity contribution >= 4 is 29.9 Å². The van der Waals surface area contributed by atoms with Gasteiger partial charge in [-0.1, -0.05) is 98.0 Å². The summed E-state index contributed by atoms with van der Waals surface area (Å²) in [4.78, 5) is 28.8. The molecule has 1 amide bonds. The first-order valence-corrected chi connectivity index (χ1v) is 20.6. The Hall–Kier alpha value is -4.57. The van der Waals surface area contributed by atoms with Crippen LogP contribution in [0.1, 0.15) is 30.9 Å². The molecule has 0 radical (unpaired) electrons. The van der Waals surface area contributed by atoms with Gasteiger partial charge >= 0.3 is 0 Å². The van der Waals surface area contributed by atoms with Crippen molar-refractivity contribution < 1.29 is 19.4 Å². The van der Waals surface area contributed by atoms with E-state index >= 15 is 0 Å². The number of nitrogens with zero attached hydrogens (tertiary/aromatic N) is 3. The SMILES string of the molecule is COc1ccc([Si](C)(C)[C@@H]2[C@@H](C)[C@@H](CCc3ccc(-n4ncc5ccccc5c4=O)cc3)O[C@H]2CC(=O)N(CCO)Cc2ccccc2)cc1. The van der Waals surface area contributed by atoms with Gasteiger partial charge in [0.2, 0.25) is 5.91 Å². The Labute approximate surface area is 295 Å². The van der Waals surface area contributed by atoms with E-state index in [9.17, 15) is 14.7 Å². The molecule has 6 rings (SSSR count). The highest BCUT2D eigenvalue weighted by Crippen LogP contribution is 2.46. The van der Waals surface area contributed by atoms with Gasteiger partial charge in [0.1, 0.15) is 5.75 Å². The summed E-state index contributed by atoms with van der Waals surface area (Å²) in [6.45, 7) is 7.69. The van der Waals surface area contributed by atoms with Gasteiger partial charge in [-0.3, -0.25) is 9.59 Å². The molecule has 5 aromatic rings. The molecule has 0 unspecified atom stereocenters. The number of aryl methyl sites for hydroxylation is 1. The van der Waals surface area contributed by atoms with Crippen molar-refractivity contribution in [1.82, 2.24) is 14.7 Å². The number of ether oxygens (including phenoxy) is 2. The Morgan fingerprint density at radius 2 is 1.62 bits per heavy atom. The van der Waals surface area contributed by atoms with Crippen LogP contribution in [0.5, 0.6) is 5.75 Å². The number of benzene rings is 4. The maximum atomic E-state index is 13.9. The summed E-state index contributed by atoms with van der Waals surface area (Å²) < 4.78 is 13.8. The minimum Gasteiger partial charge on any atom is -0.497 e. The molecule has 50 heavy (non-hydrogen) atoms. The molecule has 4 atom stereocenters. The molecule has 0 spiro atoms. The predicted octanol–water partition coefficient (Wildman–Crippen LogP) is 6.13. The van der Waals surface area contributed by atoms with Gasteiger partial charge < -0.3 is 19.5 Å². The number of methoxy groups -OCH3 is 1. The van der Waals surface area contributed by atoms with Gasteiger partial charge in [0, 0.05) is 18.5 Å². The van der Waals surface area contributed by atoms with Crippen molar-refractivity contribution in [2.24, 2.45) is 5.92 Å². The van der Waals surface area contributed by atoms with E-state index in [1.807, 2.05) is 78.9 Å². The third-order valence-electron chi connectivity index (χ3n) is 10.5. The van der Waals surface area contributed by atoms with Gasteiger partial charge in [-0.15, -0.1) is 0 Å². The molecule has 1 N–H and O–H groups in total. The Balaban J connectivity index is 1.21. The van der Waals surface area contributed by atoms with Crippen LogP contribution < -0.4 is 15.5 Å². The number of amides is 1. The van der Waals surface area contributed by atoms with Crippen LogP contribution in [0.15, 0.2) is 114 Å². The van der Waals surface area contributed by atoms with Crippen LogP contribution in [-0.2, 0) is 22.5 Å². The largest absolute Gasteiger partial charge is 0.497 e. The standard InChI is InChI=1S/C41H47N3O5Si/c1-29-37(23-16-30-14-17-33(18-15-30)44-41(47)36-13-9-8-12-32(36)27-42-44)49-38(40(29)50(3,4)35-21-19-34(48-2)20-22-35)26-39(46)43(24-25-45)28-31-10-6-5-7-11-31/h5-15,17-22,27,29,37-38,40,45H,16,23-26,28H2,1-4H3/t29-,37+,38-,40+/m0/s1. The predicted molar refractivity (Wildman–Crippen MR) is 201 cm³/mol. The average molecular weight is 690 g/mol. The van der Waals surface area contributed by atoms with Crippen LogP contribution in [0, 0.1) is 5.92 Å². The highest BCUT2D eigenvalue weighted by Gasteiger charge is 2.51. The number of carbonyl (C=O) groups is 1. The molecule has 0 saturated carbocycles. The lowest BCUT2D eigenvalue weighted by Crippen LogP contribution is -2.51. The maximum Gasteiger partial charge on any atom is 0.279 e. The number of rotatable bonds is 13. The van der Waals surface area contributed by atoms with E-state index < -0.39 is 8.07 Å². The first-order chi connectivity index (χ1) is 24.2. The van der Waals surface area contributed by atoms with Crippen molar-refractivity contribution in [1.29, 1.82) is 0 Å². The molecule has 1 aliphatic rings. The number of hydrogen-bond donors (Lipinski definition) is 1. The summed E-state index contributed by atoms with van der Waals surface area (Å²) in [5.74, 6) is 1.06. The number of aliphatic hydroxyl groups is 1. The van der Waals surface area contributed by atoms with Gasteiger partial charge in [-0.05, 0) is 65.8 Å². The quantitative estimate of drug-likeness (QED) is 0.150. The van der Waals surface area contributed by atoms with Crippen LogP contribution in [0.2, 0.25) is 18.6 Å². The summed E-state index contributed by atoms with van der Waals surface area (Å²) in [5, 5.41) is 17.0. The van der Waals surface area contributed by atoms with Crippen molar-refractivity contribution in [2.75, 3.05) is 20.3 Å². The molecule has 260 valence electrons. The molecule has 0 bridgehead atoms. The summed E-state index contributed by atoms with van der Waals surface area (Å²) in [5.41, 5.74) is 2.97. The topological polar surface area (TPSA) is 93.9 Å². The van der Waals surface area contributed by atoms with E-state index in [1.165, 1.54) is 9.87 Å². The highest BCUT2D eigenvalue weighted by atomic mass is 28.3. The fourth-order valence-electron chi connectivity index (χ4n) is 7.75. The van der Waals surface area contributed by atoms with E-state index in [0.29, 0.717) is 11.9 Å². The third kappa shape index (κ3) is 7.60. The second-order valence-corrected chi connectivity index (χ2v) is 18.6. The normalized spacial score (nSPS) is 19.1. The van der Waals surface area contributed by atoms with E-state index in [-0.39, 0.29) is 54.7 Å². The molecular weight excluding hydrogens is 643 g/mol. The Morgan fingerprint density at radius 1 is 0.920 bits per heavy atom. The summed E-state index contributed by atoms with van der Waals surface area (Å²) in [6, 6.07) is 33.8. The van der Waals surface area contributed by atoms with Crippen LogP contribution >= 0.6 is 0 Å². The minimum absolute atomic E-state index is 0.00147. The van der Waals surface area contributed by atoms with Crippen molar-refractivity contribution in [3.05, 3.63) is 131 Å². The lowest BCUT2D eigenvalue weighted by molar-refractivity contribution is -0.135. The third-order valence-corrected chi connectivity index (χ3v) is 14.9. The van der Waals surface area contributed by atoms with E-state index in [1.54, 1.807) is 18.2 Å². The smallest absolute Gasteiger partial charge is 0.279 e. The molecule has 1 fully saturated rings. The first-order valence-electron chi connectivity index (χ1n) is 17.5. The molecule has 9 heteroatoms. The number of aromatic nitrogens is 2. The van der Waals surface area contributed by atoms with Crippen molar-refractivity contribution in [3.8, 4) is 11.4 Å². The minimum atomic E-state index is -2.16. The van der Waals surface area contributed by atoms with Gasteiger partial charge in [-0.25, -0.2) is 0 Å². The average Bonchev–Trinajstić information content (AvgIpc) is 3.46. The van der Waals surface area contributed by atoms with Crippen molar-refractivity contribution in [3.63, 3.8) is 0 Å². The number of fused-ring (bicyclic) bond motifs is 1. The van der Waals surface area contributed by atoms with Gasteiger partial charge in [-0.2, -0.15) is 9.78 Å². The summed E-state index contributed by atoms with van der Waals surface area (Å²) in [6.07, 6.45) is 3.35. The summed E-state index contributed by atoms with van der Waals surface area (Å²) >= 11 is 0. The lowest BCUT2D eigenvalue weighted by Gasteiger charge is -2.36. The monoisotopic (exact) mass is 689 g/mol. The lowest BCUT2D eigenvalue weighted by atomic mass is 9.95. The molecule has 0 aliphatic carbocycles. The zero-order valence-corrected chi connectivity index (χ0v) is 30.4. The second kappa shape index (κ2) is 15.5. The summed E-state index contributed by atoms with van der Waals surface area (Å²) in [7, 11) is -0.484. The van der Waals surface area contributed by atoms with E-state index in [2.05, 4.69) is 49.4 Å². The molecule has 4 aromatic carbocycles. The van der Waals surface area contributed by atoms with Gasteiger partial charge in [0.25, 0.3) is 5.56 Å². The molecule has 2 heterocycles. The molecule has 1 saturated heterocycles. The second-order valence-electron chi connectivity index (χ2n) is 13.9. The first kappa shape index (κ1) is 35.3. The van der Waals surface area contributed by atoms with Gasteiger partial charge in [0.15, 0.2) is 0 Å². The Kier molecular flexibility index (Phi) is 11.0. The molecule has 8 nitrogen and oxygen atoms in total. The number of aliphatic hydroxyl groups excluding tert-OH is 1. The maximum absolute atomic E-state index is 13.9. The zero-order valence-electron chi connectivity index (χ0n) is 29.4. The van der Waals surface area contributed by atoms with Crippen LogP contribution in [-0.4, -0.2) is 66.2 Å². The Morgan fingerprint density at radius 3 is 2.32 bits per heavy atom. The van der Waals surface area contributed by atoms with E-state index in [0.717, 1.165) is 40.8 Å². The molecule has 1 aliphatic heterocycles. The van der Waals surface area contributed by atoms with Gasteiger partial charge in [0.05, 0.1) is 57.7 Å². The van der Waals surface area contributed by atoms with Crippen molar-refractivity contribution in [2.45, 2.75) is 63.6 Å². The van der Waals surface area contributed by atoms with Crippen LogP contribution in [0.4, 0.5) is 0 Å². The Bertz CT molecular complexity index is 1950. The fourth-order valence-corrected chi connectivity index (χ4v) is 11.8. The van der Waals surface area contributed by atoms with Crippen LogP contribution in [0.3, 0.4) is 0 Å². The van der Waals surface area contributed by atoms with Crippen LogP contribution in [0.25, 0.3) is 16.5 Å². The molecular formula is C41H47N3O5Si. The highest BCUT2D eigenvalue weighted by molar-refractivity contribution is 6.91. The van der Waals surface area contributed by atoms with E-state index in [4.69, 9.17) is 9.47 Å². The fraction of sp³-hybridized carbons (Fsp3) is 0.341. The zero-order chi connectivity index (χ0) is 35.3. The number of hydrogen-bond acceptors (Lipinski definition) is 6.